The largest absolute Gasteiger partial charge is 0.301 e. The maximum absolute atomic E-state index is 13.4. The van der Waals surface area contributed by atoms with Crippen LogP contribution in [0.4, 0.5) is 4.39 Å². The molecule has 0 bridgehead atoms. The summed E-state index contributed by atoms with van der Waals surface area (Å²) in [4.78, 5) is 1.85. The maximum atomic E-state index is 13.4. The standard InChI is InChI=1S/C11H13FN2/c1-14(2)11(7-8-13)9-5-3-4-6-10(9)12/h3-6,11H,7H2,1-2H3. The van der Waals surface area contributed by atoms with Gasteiger partial charge in [-0.3, -0.25) is 0 Å². The molecule has 2 nitrogen and oxygen atoms in total. The Bertz CT molecular complexity index is 341. The Morgan fingerprint density at radius 3 is 2.57 bits per heavy atom. The van der Waals surface area contributed by atoms with Gasteiger partial charge < -0.3 is 4.90 Å². The fourth-order valence-corrected chi connectivity index (χ4v) is 1.40. The molecular formula is C11H13FN2. The molecule has 0 fully saturated rings. The van der Waals surface area contributed by atoms with Gasteiger partial charge >= 0.3 is 0 Å². The molecule has 1 rings (SSSR count). The van der Waals surface area contributed by atoms with Crippen molar-refractivity contribution in [3.63, 3.8) is 0 Å². The molecule has 0 aliphatic carbocycles. The van der Waals surface area contributed by atoms with E-state index >= 15 is 0 Å². The minimum Gasteiger partial charge on any atom is -0.301 e. The molecule has 0 aliphatic heterocycles. The number of nitrogens with zero attached hydrogens (tertiary/aromatic N) is 2. The first kappa shape index (κ1) is 10.7. The first-order valence-corrected chi connectivity index (χ1v) is 4.44. The first-order valence-electron chi connectivity index (χ1n) is 4.44. The Morgan fingerprint density at radius 2 is 2.07 bits per heavy atom. The van der Waals surface area contributed by atoms with Crippen LogP contribution < -0.4 is 0 Å². The summed E-state index contributed by atoms with van der Waals surface area (Å²) in [6.07, 6.45) is 0.300. The number of hydrogen-bond donors (Lipinski definition) is 0. The zero-order valence-electron chi connectivity index (χ0n) is 8.37. The van der Waals surface area contributed by atoms with Gasteiger partial charge in [0.2, 0.25) is 0 Å². The molecule has 0 radical (unpaired) electrons. The summed E-state index contributed by atoms with van der Waals surface area (Å²) in [6, 6.07) is 8.48. The van der Waals surface area contributed by atoms with E-state index in [1.54, 1.807) is 18.2 Å². The van der Waals surface area contributed by atoms with Crippen LogP contribution in [-0.4, -0.2) is 19.0 Å². The third-order valence-electron chi connectivity index (χ3n) is 2.17. The number of nitriles is 1. The average Bonchev–Trinajstić information content (AvgIpc) is 2.15. The van der Waals surface area contributed by atoms with Crippen LogP contribution in [0.1, 0.15) is 18.0 Å². The van der Waals surface area contributed by atoms with Gasteiger partial charge in [0.25, 0.3) is 0 Å². The Balaban J connectivity index is 3.00. The molecule has 0 saturated carbocycles. The Labute approximate surface area is 83.6 Å². The van der Waals surface area contributed by atoms with Gasteiger partial charge in [-0.05, 0) is 20.2 Å². The summed E-state index contributed by atoms with van der Waals surface area (Å²) < 4.78 is 13.4. The Morgan fingerprint density at radius 1 is 1.43 bits per heavy atom. The minimum atomic E-state index is -0.249. The molecule has 1 aromatic rings. The Kier molecular flexibility index (Phi) is 3.61. The highest BCUT2D eigenvalue weighted by Crippen LogP contribution is 2.23. The second kappa shape index (κ2) is 4.73. The fourth-order valence-electron chi connectivity index (χ4n) is 1.40. The van der Waals surface area contributed by atoms with Crippen LogP contribution in [0.5, 0.6) is 0 Å². The maximum Gasteiger partial charge on any atom is 0.128 e. The third kappa shape index (κ3) is 2.30. The fraction of sp³-hybridized carbons (Fsp3) is 0.364. The first-order chi connectivity index (χ1) is 6.66. The van der Waals surface area contributed by atoms with Gasteiger partial charge in [0.15, 0.2) is 0 Å². The highest BCUT2D eigenvalue weighted by molar-refractivity contribution is 5.22. The number of hydrogen-bond acceptors (Lipinski definition) is 2. The molecule has 0 saturated heterocycles. The normalized spacial score (nSPS) is 12.5. The number of rotatable bonds is 3. The predicted octanol–water partition coefficient (Wildman–Crippen LogP) is 2.34. The summed E-state index contributed by atoms with van der Waals surface area (Å²) in [6.45, 7) is 0. The van der Waals surface area contributed by atoms with Crippen LogP contribution in [0.3, 0.4) is 0 Å². The van der Waals surface area contributed by atoms with Crippen molar-refractivity contribution in [3.8, 4) is 6.07 Å². The van der Waals surface area contributed by atoms with Gasteiger partial charge in [-0.2, -0.15) is 5.26 Å². The smallest absolute Gasteiger partial charge is 0.128 e. The van der Waals surface area contributed by atoms with Gasteiger partial charge in [0.05, 0.1) is 18.5 Å². The molecule has 0 amide bonds. The lowest BCUT2D eigenvalue weighted by atomic mass is 10.0. The van der Waals surface area contributed by atoms with Crippen molar-refractivity contribution in [2.75, 3.05) is 14.1 Å². The predicted molar refractivity (Wildman–Crippen MR) is 53.1 cm³/mol. The summed E-state index contributed by atoms with van der Waals surface area (Å²) in [5, 5.41) is 8.64. The van der Waals surface area contributed by atoms with Crippen LogP contribution in [0, 0.1) is 17.1 Å². The molecule has 14 heavy (non-hydrogen) atoms. The summed E-state index contributed by atoms with van der Waals surface area (Å²) in [5.41, 5.74) is 0.582. The average molecular weight is 192 g/mol. The van der Waals surface area contributed by atoms with Crippen molar-refractivity contribution in [2.24, 2.45) is 0 Å². The lowest BCUT2D eigenvalue weighted by Crippen LogP contribution is -2.20. The van der Waals surface area contributed by atoms with E-state index < -0.39 is 0 Å². The Hall–Kier alpha value is -1.40. The van der Waals surface area contributed by atoms with Gasteiger partial charge in [-0.15, -0.1) is 0 Å². The molecule has 0 N–H and O–H groups in total. The molecule has 1 atom stereocenters. The zero-order valence-corrected chi connectivity index (χ0v) is 8.37. The topological polar surface area (TPSA) is 27.0 Å². The van der Waals surface area contributed by atoms with Crippen LogP contribution in [0.15, 0.2) is 24.3 Å². The number of halogens is 1. The highest BCUT2D eigenvalue weighted by Gasteiger charge is 2.16. The quantitative estimate of drug-likeness (QED) is 0.735. The van der Waals surface area contributed by atoms with Gasteiger partial charge in [-0.25, -0.2) is 4.39 Å². The molecule has 1 aromatic carbocycles. The van der Waals surface area contributed by atoms with Crippen LogP contribution >= 0.6 is 0 Å². The second-order valence-electron chi connectivity index (χ2n) is 3.36. The molecule has 74 valence electrons. The van der Waals surface area contributed by atoms with Gasteiger partial charge in [-0.1, -0.05) is 18.2 Å². The molecule has 3 heteroatoms. The van der Waals surface area contributed by atoms with Crippen LogP contribution in [0.25, 0.3) is 0 Å². The van der Waals surface area contributed by atoms with E-state index in [4.69, 9.17) is 5.26 Å². The highest BCUT2D eigenvalue weighted by atomic mass is 19.1. The molecule has 0 aromatic heterocycles. The summed E-state index contributed by atoms with van der Waals surface area (Å²) in [5.74, 6) is -0.249. The molecule has 0 spiro atoms. The monoisotopic (exact) mass is 192 g/mol. The van der Waals surface area contributed by atoms with Crippen molar-refractivity contribution >= 4 is 0 Å². The van der Waals surface area contributed by atoms with Crippen molar-refractivity contribution in [1.82, 2.24) is 4.90 Å². The van der Waals surface area contributed by atoms with Gasteiger partial charge in [0.1, 0.15) is 5.82 Å². The van der Waals surface area contributed by atoms with E-state index in [9.17, 15) is 4.39 Å². The molecule has 1 unspecified atom stereocenters. The van der Waals surface area contributed by atoms with Crippen LogP contribution in [0.2, 0.25) is 0 Å². The van der Waals surface area contributed by atoms with Crippen molar-refractivity contribution < 1.29 is 4.39 Å². The van der Waals surface area contributed by atoms with Crippen molar-refractivity contribution in [2.45, 2.75) is 12.5 Å². The lowest BCUT2D eigenvalue weighted by molar-refractivity contribution is 0.296. The zero-order chi connectivity index (χ0) is 10.6. The summed E-state index contributed by atoms with van der Waals surface area (Å²) in [7, 11) is 3.68. The minimum absolute atomic E-state index is 0.166. The van der Waals surface area contributed by atoms with Crippen molar-refractivity contribution in [1.29, 1.82) is 5.26 Å². The lowest BCUT2D eigenvalue weighted by Gasteiger charge is -2.22. The van der Waals surface area contributed by atoms with E-state index in [0.29, 0.717) is 12.0 Å². The van der Waals surface area contributed by atoms with E-state index in [1.807, 2.05) is 19.0 Å². The summed E-state index contributed by atoms with van der Waals surface area (Å²) >= 11 is 0. The van der Waals surface area contributed by atoms with Crippen LogP contribution in [-0.2, 0) is 0 Å². The van der Waals surface area contributed by atoms with E-state index in [2.05, 4.69) is 6.07 Å². The van der Waals surface area contributed by atoms with E-state index in [0.717, 1.165) is 0 Å². The third-order valence-corrected chi connectivity index (χ3v) is 2.17. The molecular weight excluding hydrogens is 179 g/mol. The SMILES string of the molecule is CN(C)C(CC#N)c1ccccc1F. The molecule has 0 aliphatic rings. The molecule has 0 heterocycles. The van der Waals surface area contributed by atoms with Crippen molar-refractivity contribution in [3.05, 3.63) is 35.6 Å². The second-order valence-corrected chi connectivity index (χ2v) is 3.36. The van der Waals surface area contributed by atoms with Gasteiger partial charge in [0, 0.05) is 5.56 Å². The van der Waals surface area contributed by atoms with E-state index in [-0.39, 0.29) is 11.9 Å². The van der Waals surface area contributed by atoms with E-state index in [1.165, 1.54) is 6.07 Å². The number of benzene rings is 1.